The normalized spacial score (nSPS) is 13.2. The van der Waals surface area contributed by atoms with Gasteiger partial charge in [0, 0.05) is 0 Å². The van der Waals surface area contributed by atoms with Crippen LogP contribution in [-0.2, 0) is 21.2 Å². The molecule has 0 saturated heterocycles. The molecular formula is C25H28N2O4S. The monoisotopic (exact) mass is 452 g/mol. The minimum Gasteiger partial charge on any atom is -0.497 e. The second-order valence-corrected chi connectivity index (χ2v) is 9.39. The molecule has 2 atom stereocenters. The Kier molecular flexibility index (Phi) is 7.66. The van der Waals surface area contributed by atoms with E-state index >= 15 is 0 Å². The largest absolute Gasteiger partial charge is 0.497 e. The molecule has 0 spiro atoms. The maximum absolute atomic E-state index is 13.2. The highest BCUT2D eigenvalue weighted by atomic mass is 32.2. The van der Waals surface area contributed by atoms with Crippen molar-refractivity contribution < 1.29 is 17.9 Å². The average molecular weight is 453 g/mol. The van der Waals surface area contributed by atoms with Crippen LogP contribution in [0.2, 0.25) is 0 Å². The summed E-state index contributed by atoms with van der Waals surface area (Å²) in [5.41, 5.74) is 2.70. The predicted octanol–water partition coefficient (Wildman–Crippen LogP) is 3.77. The molecule has 168 valence electrons. The molecule has 0 radical (unpaired) electrons. The Morgan fingerprint density at radius 1 is 0.938 bits per heavy atom. The number of hydrogen-bond donors (Lipinski definition) is 2. The standard InChI is InChI=1S/C25H28N2O4S/c1-18-9-15-23(16-10-18)32(29,30)27-24(17-20-7-5-4-6-8-20)25(28)26-19(2)21-11-13-22(31-3)14-12-21/h4-16,19,24,27H,17H2,1-3H3,(H,26,28)/t19-,24-/m0/s1. The summed E-state index contributed by atoms with van der Waals surface area (Å²) in [6.45, 7) is 3.74. The molecule has 6 nitrogen and oxygen atoms in total. The van der Waals surface area contributed by atoms with E-state index in [2.05, 4.69) is 10.0 Å². The van der Waals surface area contributed by atoms with E-state index in [4.69, 9.17) is 4.74 Å². The van der Waals surface area contributed by atoms with Gasteiger partial charge in [0.25, 0.3) is 0 Å². The minimum absolute atomic E-state index is 0.122. The van der Waals surface area contributed by atoms with Gasteiger partial charge in [-0.1, -0.05) is 60.2 Å². The highest BCUT2D eigenvalue weighted by Crippen LogP contribution is 2.18. The molecule has 0 aliphatic heterocycles. The first-order chi connectivity index (χ1) is 15.3. The van der Waals surface area contributed by atoms with Crippen LogP contribution >= 0.6 is 0 Å². The van der Waals surface area contributed by atoms with Gasteiger partial charge in [0.05, 0.1) is 18.0 Å². The molecule has 0 saturated carbocycles. The van der Waals surface area contributed by atoms with Crippen molar-refractivity contribution in [1.29, 1.82) is 0 Å². The van der Waals surface area contributed by atoms with Crippen LogP contribution in [0.25, 0.3) is 0 Å². The van der Waals surface area contributed by atoms with Gasteiger partial charge in [0.15, 0.2) is 0 Å². The van der Waals surface area contributed by atoms with Crippen LogP contribution in [0.3, 0.4) is 0 Å². The molecule has 3 aromatic carbocycles. The zero-order valence-electron chi connectivity index (χ0n) is 18.4. The second kappa shape index (κ2) is 10.4. The van der Waals surface area contributed by atoms with E-state index in [0.29, 0.717) is 0 Å². The van der Waals surface area contributed by atoms with E-state index in [1.807, 2.05) is 68.4 Å². The molecule has 7 heteroatoms. The number of ether oxygens (including phenoxy) is 1. The fourth-order valence-electron chi connectivity index (χ4n) is 3.30. The summed E-state index contributed by atoms with van der Waals surface area (Å²) in [6.07, 6.45) is 0.229. The average Bonchev–Trinajstić information content (AvgIpc) is 2.79. The summed E-state index contributed by atoms with van der Waals surface area (Å²) in [5, 5.41) is 2.93. The highest BCUT2D eigenvalue weighted by Gasteiger charge is 2.27. The van der Waals surface area contributed by atoms with Crippen LogP contribution in [0, 0.1) is 6.92 Å². The first-order valence-corrected chi connectivity index (χ1v) is 11.8. The first kappa shape index (κ1) is 23.5. The Balaban J connectivity index is 1.81. The van der Waals surface area contributed by atoms with Crippen molar-refractivity contribution in [2.75, 3.05) is 7.11 Å². The van der Waals surface area contributed by atoms with Crippen LogP contribution in [0.15, 0.2) is 83.8 Å². The third-order valence-electron chi connectivity index (χ3n) is 5.20. The molecular weight excluding hydrogens is 424 g/mol. The Hall–Kier alpha value is -3.16. The van der Waals surface area contributed by atoms with Gasteiger partial charge < -0.3 is 10.1 Å². The van der Waals surface area contributed by atoms with Gasteiger partial charge >= 0.3 is 0 Å². The Morgan fingerprint density at radius 2 is 1.56 bits per heavy atom. The fraction of sp³-hybridized carbons (Fsp3) is 0.240. The summed E-state index contributed by atoms with van der Waals surface area (Å²) in [6, 6.07) is 22.0. The number of benzene rings is 3. The smallest absolute Gasteiger partial charge is 0.241 e. The van der Waals surface area contributed by atoms with Crippen LogP contribution in [0.5, 0.6) is 5.75 Å². The lowest BCUT2D eigenvalue weighted by molar-refractivity contribution is -0.123. The number of rotatable bonds is 9. The molecule has 0 aliphatic rings. The summed E-state index contributed by atoms with van der Waals surface area (Å²) in [7, 11) is -2.29. The van der Waals surface area contributed by atoms with Crippen LogP contribution < -0.4 is 14.8 Å². The van der Waals surface area contributed by atoms with Gasteiger partial charge in [-0.2, -0.15) is 4.72 Å². The lowest BCUT2D eigenvalue weighted by Crippen LogP contribution is -2.48. The van der Waals surface area contributed by atoms with Crippen molar-refractivity contribution in [3.8, 4) is 5.75 Å². The van der Waals surface area contributed by atoms with Gasteiger partial charge in [-0.15, -0.1) is 0 Å². The Labute approximate surface area is 189 Å². The SMILES string of the molecule is COc1ccc([C@H](C)NC(=O)[C@H](Cc2ccccc2)NS(=O)(=O)c2ccc(C)cc2)cc1. The maximum Gasteiger partial charge on any atom is 0.241 e. The summed E-state index contributed by atoms with van der Waals surface area (Å²) in [4.78, 5) is 13.3. The summed E-state index contributed by atoms with van der Waals surface area (Å²) >= 11 is 0. The van der Waals surface area contributed by atoms with Crippen molar-refractivity contribution in [3.63, 3.8) is 0 Å². The number of sulfonamides is 1. The lowest BCUT2D eigenvalue weighted by atomic mass is 10.0. The molecule has 32 heavy (non-hydrogen) atoms. The topological polar surface area (TPSA) is 84.5 Å². The quantitative estimate of drug-likeness (QED) is 0.518. The molecule has 3 aromatic rings. The molecule has 2 N–H and O–H groups in total. The number of nitrogens with one attached hydrogen (secondary N) is 2. The zero-order valence-corrected chi connectivity index (χ0v) is 19.2. The second-order valence-electron chi connectivity index (χ2n) is 7.68. The maximum atomic E-state index is 13.2. The van der Waals surface area contributed by atoms with Crippen molar-refractivity contribution >= 4 is 15.9 Å². The van der Waals surface area contributed by atoms with Crippen molar-refractivity contribution in [2.24, 2.45) is 0 Å². The number of carbonyl (C=O) groups is 1. The summed E-state index contributed by atoms with van der Waals surface area (Å²) < 4.78 is 33.7. The summed E-state index contributed by atoms with van der Waals surface area (Å²) in [5.74, 6) is 0.327. The molecule has 0 heterocycles. The van der Waals surface area contributed by atoms with Crippen molar-refractivity contribution in [1.82, 2.24) is 10.0 Å². The van der Waals surface area contributed by atoms with E-state index in [1.54, 1.807) is 19.2 Å². The fourth-order valence-corrected chi connectivity index (χ4v) is 4.50. The number of aryl methyl sites for hydroxylation is 1. The Morgan fingerprint density at radius 3 is 2.16 bits per heavy atom. The van der Waals surface area contributed by atoms with Crippen LogP contribution in [-0.4, -0.2) is 27.5 Å². The van der Waals surface area contributed by atoms with Crippen molar-refractivity contribution in [3.05, 3.63) is 95.6 Å². The number of methoxy groups -OCH3 is 1. The molecule has 0 bridgehead atoms. The number of amides is 1. The van der Waals surface area contributed by atoms with Crippen molar-refractivity contribution in [2.45, 2.75) is 37.2 Å². The Bertz CT molecular complexity index is 1130. The van der Waals surface area contributed by atoms with Crippen LogP contribution in [0.4, 0.5) is 0 Å². The van der Waals surface area contributed by atoms with E-state index in [-0.39, 0.29) is 17.4 Å². The third-order valence-corrected chi connectivity index (χ3v) is 6.69. The number of hydrogen-bond acceptors (Lipinski definition) is 4. The van der Waals surface area contributed by atoms with E-state index in [9.17, 15) is 13.2 Å². The lowest BCUT2D eigenvalue weighted by Gasteiger charge is -2.22. The van der Waals surface area contributed by atoms with Gasteiger partial charge in [0.1, 0.15) is 11.8 Å². The van der Waals surface area contributed by atoms with Gasteiger partial charge in [-0.25, -0.2) is 8.42 Å². The molecule has 0 aromatic heterocycles. The molecule has 3 rings (SSSR count). The van der Waals surface area contributed by atoms with Gasteiger partial charge in [0.2, 0.25) is 15.9 Å². The molecule has 0 unspecified atom stereocenters. The number of carbonyl (C=O) groups excluding carboxylic acids is 1. The van der Waals surface area contributed by atoms with Crippen LogP contribution in [0.1, 0.15) is 29.7 Å². The minimum atomic E-state index is -3.88. The molecule has 1 amide bonds. The molecule has 0 fully saturated rings. The van der Waals surface area contributed by atoms with E-state index < -0.39 is 22.0 Å². The van der Waals surface area contributed by atoms with Gasteiger partial charge in [-0.3, -0.25) is 4.79 Å². The van der Waals surface area contributed by atoms with E-state index in [1.165, 1.54) is 12.1 Å². The molecule has 0 aliphatic carbocycles. The highest BCUT2D eigenvalue weighted by molar-refractivity contribution is 7.89. The first-order valence-electron chi connectivity index (χ1n) is 10.4. The van der Waals surface area contributed by atoms with E-state index in [0.717, 1.165) is 22.4 Å². The van der Waals surface area contributed by atoms with Gasteiger partial charge in [-0.05, 0) is 55.7 Å². The predicted molar refractivity (Wildman–Crippen MR) is 125 cm³/mol. The zero-order chi connectivity index (χ0) is 23.1. The third kappa shape index (κ3) is 6.18.